The first-order valence-electron chi connectivity index (χ1n) is 7.73. The molecule has 0 atom stereocenters. The second-order valence-electron chi connectivity index (χ2n) is 5.68. The van der Waals surface area contributed by atoms with Crippen molar-refractivity contribution in [2.75, 3.05) is 6.61 Å². The van der Waals surface area contributed by atoms with Gasteiger partial charge in [-0.2, -0.15) is 0 Å². The Bertz CT molecular complexity index is 1030. The Morgan fingerprint density at radius 2 is 1.89 bits per heavy atom. The smallest absolute Gasteiger partial charge is 0.340 e. The standard InChI is InChI=1S/C18H13ClF2N2O3S/c1-9-5-11(10(2)23(9)18-22-3-4-27-18)16(24)8-26-17(25)12-6-14(20)15(21)7-13(12)19/h3-7H,8H2,1-2H3. The highest BCUT2D eigenvalue weighted by Crippen LogP contribution is 2.24. The molecule has 0 aliphatic heterocycles. The van der Waals surface area contributed by atoms with E-state index in [4.69, 9.17) is 16.3 Å². The van der Waals surface area contributed by atoms with E-state index in [1.807, 2.05) is 16.9 Å². The second-order valence-corrected chi connectivity index (χ2v) is 6.96. The zero-order valence-electron chi connectivity index (χ0n) is 14.3. The van der Waals surface area contributed by atoms with Crippen LogP contribution in [0.4, 0.5) is 8.78 Å². The van der Waals surface area contributed by atoms with Crippen LogP contribution in [0.15, 0.2) is 29.8 Å². The Morgan fingerprint density at radius 1 is 1.19 bits per heavy atom. The van der Waals surface area contributed by atoms with Gasteiger partial charge in [0.25, 0.3) is 0 Å². The first-order chi connectivity index (χ1) is 12.8. The maximum atomic E-state index is 13.3. The van der Waals surface area contributed by atoms with E-state index < -0.39 is 30.0 Å². The van der Waals surface area contributed by atoms with Gasteiger partial charge >= 0.3 is 5.97 Å². The van der Waals surface area contributed by atoms with Gasteiger partial charge in [-0.1, -0.05) is 11.6 Å². The fourth-order valence-electron chi connectivity index (χ4n) is 2.63. The number of aromatic nitrogens is 2. The SMILES string of the molecule is Cc1cc(C(=O)COC(=O)c2cc(F)c(F)cc2Cl)c(C)n1-c1nccs1. The lowest BCUT2D eigenvalue weighted by molar-refractivity contribution is 0.0474. The summed E-state index contributed by atoms with van der Waals surface area (Å²) in [6.45, 7) is 3.03. The molecule has 27 heavy (non-hydrogen) atoms. The molecule has 0 N–H and O–H groups in total. The number of benzene rings is 1. The van der Waals surface area contributed by atoms with Gasteiger partial charge < -0.3 is 4.74 Å². The lowest BCUT2D eigenvalue weighted by atomic mass is 10.1. The quantitative estimate of drug-likeness (QED) is 0.352. The number of ether oxygens (including phenoxy) is 1. The molecule has 0 saturated heterocycles. The molecule has 0 radical (unpaired) electrons. The summed E-state index contributed by atoms with van der Waals surface area (Å²) in [5.41, 5.74) is 1.50. The summed E-state index contributed by atoms with van der Waals surface area (Å²) in [6, 6.07) is 2.99. The number of carbonyl (C=O) groups excluding carboxylic acids is 2. The first kappa shape index (κ1) is 19.2. The number of aryl methyl sites for hydroxylation is 1. The first-order valence-corrected chi connectivity index (χ1v) is 8.99. The van der Waals surface area contributed by atoms with Crippen molar-refractivity contribution in [1.82, 2.24) is 9.55 Å². The van der Waals surface area contributed by atoms with Crippen LogP contribution in [0.1, 0.15) is 32.1 Å². The molecular weight excluding hydrogens is 398 g/mol. The number of hydrogen-bond acceptors (Lipinski definition) is 5. The van der Waals surface area contributed by atoms with Crippen LogP contribution in [-0.4, -0.2) is 27.9 Å². The lowest BCUT2D eigenvalue weighted by Gasteiger charge is -2.07. The minimum Gasteiger partial charge on any atom is -0.454 e. The molecule has 0 aliphatic carbocycles. The predicted molar refractivity (Wildman–Crippen MR) is 96.9 cm³/mol. The molecule has 0 amide bonds. The molecule has 5 nitrogen and oxygen atoms in total. The number of halogens is 3. The molecule has 9 heteroatoms. The molecule has 0 saturated carbocycles. The highest BCUT2D eigenvalue weighted by Gasteiger charge is 2.21. The zero-order valence-corrected chi connectivity index (χ0v) is 15.8. The van der Waals surface area contributed by atoms with Crippen LogP contribution < -0.4 is 0 Å². The molecule has 1 aromatic carbocycles. The highest BCUT2D eigenvalue weighted by atomic mass is 35.5. The summed E-state index contributed by atoms with van der Waals surface area (Å²) in [6.07, 6.45) is 1.66. The Kier molecular flexibility index (Phi) is 5.38. The monoisotopic (exact) mass is 410 g/mol. The molecule has 0 aliphatic rings. The van der Waals surface area contributed by atoms with E-state index in [1.165, 1.54) is 11.3 Å². The summed E-state index contributed by atoms with van der Waals surface area (Å²) in [5, 5.41) is 2.24. The lowest BCUT2D eigenvalue weighted by Crippen LogP contribution is -2.15. The minimum absolute atomic E-state index is 0.298. The second kappa shape index (κ2) is 7.58. The summed E-state index contributed by atoms with van der Waals surface area (Å²) in [4.78, 5) is 28.7. The third-order valence-corrected chi connectivity index (χ3v) is 4.98. The van der Waals surface area contributed by atoms with Crippen LogP contribution in [0.5, 0.6) is 0 Å². The van der Waals surface area contributed by atoms with Crippen molar-refractivity contribution >= 4 is 34.7 Å². The molecule has 0 bridgehead atoms. The summed E-state index contributed by atoms with van der Waals surface area (Å²) >= 11 is 7.16. The fourth-order valence-corrected chi connectivity index (χ4v) is 3.61. The maximum absolute atomic E-state index is 13.3. The summed E-state index contributed by atoms with van der Waals surface area (Å²) < 4.78 is 33.1. The van der Waals surface area contributed by atoms with Gasteiger partial charge in [-0.15, -0.1) is 11.3 Å². The average molecular weight is 411 g/mol. The molecule has 2 aromatic heterocycles. The van der Waals surface area contributed by atoms with Crippen LogP contribution in [0.2, 0.25) is 5.02 Å². The van der Waals surface area contributed by atoms with Crippen LogP contribution in [0, 0.1) is 25.5 Å². The normalized spacial score (nSPS) is 10.9. The largest absolute Gasteiger partial charge is 0.454 e. The number of hydrogen-bond donors (Lipinski definition) is 0. The Balaban J connectivity index is 1.76. The molecule has 140 valence electrons. The molecule has 0 spiro atoms. The number of thiazole rings is 1. The van der Waals surface area contributed by atoms with Gasteiger partial charge in [0.15, 0.2) is 23.4 Å². The van der Waals surface area contributed by atoms with E-state index in [0.717, 1.165) is 10.8 Å². The number of carbonyl (C=O) groups is 2. The number of nitrogens with zero attached hydrogens (tertiary/aromatic N) is 2. The van der Waals surface area contributed by atoms with Gasteiger partial charge in [0.1, 0.15) is 0 Å². The van der Waals surface area contributed by atoms with Crippen LogP contribution in [-0.2, 0) is 4.74 Å². The maximum Gasteiger partial charge on any atom is 0.340 e. The van der Waals surface area contributed by atoms with Gasteiger partial charge in [0.2, 0.25) is 5.78 Å². The van der Waals surface area contributed by atoms with E-state index in [9.17, 15) is 18.4 Å². The third kappa shape index (κ3) is 3.77. The van der Waals surface area contributed by atoms with Crippen molar-refractivity contribution in [1.29, 1.82) is 0 Å². The number of esters is 1. The molecule has 2 heterocycles. The van der Waals surface area contributed by atoms with Crippen LogP contribution >= 0.6 is 22.9 Å². The number of rotatable bonds is 5. The molecule has 0 unspecified atom stereocenters. The van der Waals surface area contributed by atoms with Gasteiger partial charge in [0.05, 0.1) is 10.6 Å². The van der Waals surface area contributed by atoms with Crippen molar-refractivity contribution in [3.8, 4) is 5.13 Å². The number of Topliss-reactive ketones (excluding diaryl/α,β-unsaturated/α-hetero) is 1. The predicted octanol–water partition coefficient (Wildman–Crippen LogP) is 4.52. The summed E-state index contributed by atoms with van der Waals surface area (Å²) in [5.74, 6) is -3.86. The molecule has 0 fully saturated rings. The highest BCUT2D eigenvalue weighted by molar-refractivity contribution is 7.12. The molecule has 3 rings (SSSR count). The van der Waals surface area contributed by atoms with Crippen LogP contribution in [0.25, 0.3) is 5.13 Å². The Labute approximate surface area is 162 Å². The minimum atomic E-state index is -1.23. The zero-order chi connectivity index (χ0) is 19.7. The Morgan fingerprint density at radius 3 is 2.56 bits per heavy atom. The van der Waals surface area contributed by atoms with E-state index in [1.54, 1.807) is 19.2 Å². The Hall–Kier alpha value is -2.58. The van der Waals surface area contributed by atoms with Crippen molar-refractivity contribution in [3.05, 3.63) is 68.9 Å². The molecule has 3 aromatic rings. The van der Waals surface area contributed by atoms with Crippen molar-refractivity contribution in [2.24, 2.45) is 0 Å². The van der Waals surface area contributed by atoms with Crippen molar-refractivity contribution in [2.45, 2.75) is 13.8 Å². The average Bonchev–Trinajstić information content (AvgIpc) is 3.23. The number of ketones is 1. The van der Waals surface area contributed by atoms with Gasteiger partial charge in [0, 0.05) is 28.5 Å². The topological polar surface area (TPSA) is 61.2 Å². The van der Waals surface area contributed by atoms with Crippen molar-refractivity contribution < 1.29 is 23.1 Å². The van der Waals surface area contributed by atoms with Crippen molar-refractivity contribution in [3.63, 3.8) is 0 Å². The van der Waals surface area contributed by atoms with E-state index in [2.05, 4.69) is 4.98 Å². The van der Waals surface area contributed by atoms with Gasteiger partial charge in [-0.3, -0.25) is 9.36 Å². The van der Waals surface area contributed by atoms with Gasteiger partial charge in [-0.05, 0) is 32.0 Å². The fraction of sp³-hybridized carbons (Fsp3) is 0.167. The van der Waals surface area contributed by atoms with E-state index in [0.29, 0.717) is 23.4 Å². The third-order valence-electron chi connectivity index (χ3n) is 3.91. The van der Waals surface area contributed by atoms with E-state index in [-0.39, 0.29) is 10.6 Å². The molecular formula is C18H13ClF2N2O3S. The summed E-state index contributed by atoms with van der Waals surface area (Å²) in [7, 11) is 0. The van der Waals surface area contributed by atoms with Gasteiger partial charge in [-0.25, -0.2) is 18.6 Å². The van der Waals surface area contributed by atoms with Crippen LogP contribution in [0.3, 0.4) is 0 Å². The van der Waals surface area contributed by atoms with E-state index >= 15 is 0 Å².